The van der Waals surface area contributed by atoms with E-state index in [1.54, 1.807) is 0 Å². The van der Waals surface area contributed by atoms with E-state index in [2.05, 4.69) is 7.72 Å². The van der Waals surface area contributed by atoms with Gasteiger partial charge >= 0.3 is 35.5 Å². The number of hydrogen-bond donors (Lipinski definition) is 0. The maximum absolute atomic E-state index is 7.75. The quantitative estimate of drug-likeness (QED) is 0.373. The molecule has 0 aliphatic heterocycles. The van der Waals surface area contributed by atoms with Gasteiger partial charge in [-0.1, -0.05) is 0 Å². The second-order valence-corrected chi connectivity index (χ2v) is 0. The molecule has 0 unspecified atom stereocenters. The Kier molecular flexibility index (Phi) is 432. The molecule has 0 heterocycles. The zero-order chi connectivity index (χ0) is 2.00. The fourth-order valence-corrected chi connectivity index (χ4v) is 0. The summed E-state index contributed by atoms with van der Waals surface area (Å²) in [6, 6.07) is 0. The van der Waals surface area contributed by atoms with Gasteiger partial charge in [0.05, 0.1) is 0 Å². The van der Waals surface area contributed by atoms with E-state index >= 15 is 0 Å². The molecular weight excluding hydrogens is 118 g/mol. The number of hydrogen-bond acceptors (Lipinski definition) is 1. The van der Waals surface area contributed by atoms with Gasteiger partial charge in [0.1, 0.15) is 0 Å². The topological polar surface area (TPSA) is 17.1 Å². The molecule has 0 aromatic carbocycles. The summed E-state index contributed by atoms with van der Waals surface area (Å²) >= 11 is 0. The van der Waals surface area contributed by atoms with Gasteiger partial charge in [0.15, 0.2) is 0 Å². The second-order valence-electron chi connectivity index (χ2n) is 0. The molecule has 5 heteroatoms. The van der Waals surface area contributed by atoms with E-state index in [1.807, 2.05) is 0 Å². The molecule has 0 rings (SSSR count). The Bertz CT molecular complexity index is 15.7. The Labute approximate surface area is 63.9 Å². The van der Waals surface area contributed by atoms with Crippen molar-refractivity contribution in [2.24, 2.45) is 0 Å². The molecule has 0 spiro atoms. The average Bonchev–Trinajstić information content (AvgIpc) is 1.00. The van der Waals surface area contributed by atoms with Crippen LogP contribution in [0.25, 0.3) is 0 Å². The summed E-state index contributed by atoms with van der Waals surface area (Å²) in [7, 11) is 3.25. The molecular formula is H2B2FeMgO. The summed E-state index contributed by atoms with van der Waals surface area (Å²) < 4.78 is 7.75. The van der Waals surface area contributed by atoms with Gasteiger partial charge in [-0.25, -0.2) is 0 Å². The van der Waals surface area contributed by atoms with Crippen LogP contribution < -0.4 is 0 Å². The standard InChI is InChI=1S/BO.B.Fe.Mg.2H/c1-2;;;;;/q;;;+2;2*-1. The van der Waals surface area contributed by atoms with Gasteiger partial charge in [-0.05, 0) is 0 Å². The third-order valence-corrected chi connectivity index (χ3v) is 0. The van der Waals surface area contributed by atoms with Crippen LogP contribution in [-0.4, -0.2) is 39.2 Å². The summed E-state index contributed by atoms with van der Waals surface area (Å²) in [4.78, 5) is 0. The van der Waals surface area contributed by atoms with Crippen molar-refractivity contribution >= 4 is 39.2 Å². The van der Waals surface area contributed by atoms with Gasteiger partial charge < -0.3 is 2.85 Å². The molecule has 0 fully saturated rings. The van der Waals surface area contributed by atoms with E-state index in [1.165, 1.54) is 0 Å². The molecule has 24 valence electrons. The van der Waals surface area contributed by atoms with Gasteiger partial charge in [0.25, 0.3) is 0 Å². The zero-order valence-corrected chi connectivity index (χ0v) is 5.14. The molecule has 0 bridgehead atoms. The Morgan fingerprint density at radius 2 is 1.40 bits per heavy atom. The van der Waals surface area contributed by atoms with Crippen LogP contribution in [0.2, 0.25) is 0 Å². The van der Waals surface area contributed by atoms with Gasteiger partial charge in [-0.2, -0.15) is 0 Å². The first kappa shape index (κ1) is 34.4. The monoisotopic (exact) mass is 120 g/mol. The summed E-state index contributed by atoms with van der Waals surface area (Å²) in [5.41, 5.74) is 0. The van der Waals surface area contributed by atoms with Crippen molar-refractivity contribution < 1.29 is 24.6 Å². The van der Waals surface area contributed by atoms with Crippen LogP contribution in [0.5, 0.6) is 0 Å². The van der Waals surface area contributed by atoms with Crippen molar-refractivity contribution in [1.29, 1.82) is 0 Å². The van der Waals surface area contributed by atoms with Crippen LogP contribution in [0.15, 0.2) is 0 Å². The summed E-state index contributed by atoms with van der Waals surface area (Å²) in [6.07, 6.45) is 0. The third kappa shape index (κ3) is 36.5. The summed E-state index contributed by atoms with van der Waals surface area (Å²) in [5, 5.41) is 0. The molecule has 0 atom stereocenters. The van der Waals surface area contributed by atoms with Crippen molar-refractivity contribution in [3.63, 3.8) is 0 Å². The second kappa shape index (κ2) is 62.7. The number of rotatable bonds is 0. The largest absolute Gasteiger partial charge is 2.00 e. The van der Waals surface area contributed by atoms with Crippen LogP contribution in [0.4, 0.5) is 0 Å². The molecule has 0 aromatic rings. The van der Waals surface area contributed by atoms with E-state index in [4.69, 9.17) is 4.70 Å². The molecule has 0 N–H and O–H groups in total. The fraction of sp³-hybridized carbons (Fsp3) is 0. The van der Waals surface area contributed by atoms with Crippen LogP contribution >= 0.6 is 0 Å². The molecule has 0 aromatic heterocycles. The van der Waals surface area contributed by atoms with Crippen molar-refractivity contribution in [3.8, 4) is 0 Å². The molecule has 0 aliphatic rings. The van der Waals surface area contributed by atoms with Crippen molar-refractivity contribution in [2.45, 2.75) is 0 Å². The minimum Gasteiger partial charge on any atom is -1.00 e. The average molecular weight is 120 g/mol. The maximum atomic E-state index is 7.75. The van der Waals surface area contributed by atoms with E-state index in [0.717, 1.165) is 0 Å². The molecule has 0 saturated carbocycles. The Balaban J connectivity index is -0.000000000500. The van der Waals surface area contributed by atoms with E-state index in [-0.39, 0.29) is 51.4 Å². The Morgan fingerprint density at radius 3 is 1.40 bits per heavy atom. The maximum Gasteiger partial charge on any atom is 2.00 e. The first-order valence-electron chi connectivity index (χ1n) is 0.236. The molecule has 1 nitrogen and oxygen atoms in total. The van der Waals surface area contributed by atoms with Crippen LogP contribution in [-0.2, 0) is 21.8 Å². The van der Waals surface area contributed by atoms with Gasteiger partial charge in [-0.15, -0.1) is 0 Å². The van der Waals surface area contributed by atoms with Crippen LogP contribution in [0.1, 0.15) is 2.85 Å². The van der Waals surface area contributed by atoms with Gasteiger partial charge in [0, 0.05) is 25.5 Å². The fourth-order valence-electron chi connectivity index (χ4n) is 0. The van der Waals surface area contributed by atoms with Crippen molar-refractivity contribution in [1.82, 2.24) is 0 Å². The Hall–Kier alpha value is 1.22. The first-order chi connectivity index (χ1) is 1.00. The molecule has 0 saturated heterocycles. The molecule has 5 heavy (non-hydrogen) atoms. The third-order valence-electron chi connectivity index (χ3n) is 0. The van der Waals surface area contributed by atoms with E-state index < -0.39 is 0 Å². The van der Waals surface area contributed by atoms with Crippen LogP contribution in [0.3, 0.4) is 0 Å². The summed E-state index contributed by atoms with van der Waals surface area (Å²) in [5.74, 6) is 0. The molecule has 0 amide bonds. The van der Waals surface area contributed by atoms with Crippen molar-refractivity contribution in [2.75, 3.05) is 0 Å². The summed E-state index contributed by atoms with van der Waals surface area (Å²) in [6.45, 7) is 0. The molecule has 0 aliphatic carbocycles. The first-order valence-corrected chi connectivity index (χ1v) is 0.236. The van der Waals surface area contributed by atoms with Gasteiger partial charge in [-0.3, -0.25) is 0 Å². The predicted molar refractivity (Wildman–Crippen MR) is 20.2 cm³/mol. The minimum atomic E-state index is 0. The van der Waals surface area contributed by atoms with Crippen LogP contribution in [0, 0.1) is 0 Å². The normalized spacial score (nSPS) is 0.600. The van der Waals surface area contributed by atoms with Gasteiger partial charge in [0.2, 0.25) is 0 Å². The van der Waals surface area contributed by atoms with E-state index in [9.17, 15) is 0 Å². The zero-order valence-electron chi connectivity index (χ0n) is 4.62. The Morgan fingerprint density at radius 1 is 1.40 bits per heavy atom. The predicted octanol–water partition coefficient (Wildman–Crippen LogP) is -1.04. The minimum absolute atomic E-state index is 0. The van der Waals surface area contributed by atoms with Crippen molar-refractivity contribution in [3.05, 3.63) is 0 Å². The van der Waals surface area contributed by atoms with E-state index in [0.29, 0.717) is 0 Å². The SMILES string of the molecule is [B].[B]=O.[Fe].[H-].[H-].[Mg+2]. The smallest absolute Gasteiger partial charge is 1.00 e. The molecule has 4 radical (unpaired) electrons.